The van der Waals surface area contributed by atoms with Gasteiger partial charge in [-0.05, 0) is 36.0 Å². The van der Waals surface area contributed by atoms with Gasteiger partial charge in [0.1, 0.15) is 0 Å². The monoisotopic (exact) mass is 371 g/mol. The molecule has 0 saturated heterocycles. The van der Waals surface area contributed by atoms with Gasteiger partial charge in [0.2, 0.25) is 0 Å². The van der Waals surface area contributed by atoms with Crippen LogP contribution < -0.4 is 16.6 Å². The molecule has 2 aromatic rings. The Kier molecular flexibility index (Phi) is 5.65. The van der Waals surface area contributed by atoms with Gasteiger partial charge in [-0.2, -0.15) is 8.42 Å². The molecule has 2 N–H and O–H groups in total. The fraction of sp³-hybridized carbons (Fsp3) is 0.467. The van der Waals surface area contributed by atoms with E-state index in [9.17, 15) is 18.0 Å². The molecular formula is C15H21N3O6S. The van der Waals surface area contributed by atoms with Crippen molar-refractivity contribution < 1.29 is 17.1 Å². The highest BCUT2D eigenvalue weighted by molar-refractivity contribution is 7.84. The van der Waals surface area contributed by atoms with Gasteiger partial charge < -0.3 is 4.52 Å². The standard InChI is InChI=1S/C15H21N3O6S/c1-10(9-23-25(16,21)22)7-11(2)12-5-4-6-13(8-12)18-14(19)17(3)15(20)24-18/h4-6,8,10-11H,7,9H2,1-3H3,(H2,16,21,22). The topological polar surface area (TPSA) is 127 Å². The SMILES string of the molecule is CC(COS(N)(=O)=O)CC(C)c1cccc(-n2oc(=O)n(C)c2=O)c1. The van der Waals surface area contributed by atoms with E-state index in [1.54, 1.807) is 18.2 Å². The van der Waals surface area contributed by atoms with Crippen LogP contribution in [0.3, 0.4) is 0 Å². The summed E-state index contributed by atoms with van der Waals surface area (Å²) in [6.07, 6.45) is 0.645. The Morgan fingerprint density at radius 1 is 1.28 bits per heavy atom. The molecule has 2 rings (SSSR count). The van der Waals surface area contributed by atoms with Gasteiger partial charge >= 0.3 is 21.7 Å². The minimum Gasteiger partial charge on any atom is -0.312 e. The Labute approximate surface area is 144 Å². The van der Waals surface area contributed by atoms with E-state index in [2.05, 4.69) is 4.18 Å². The highest BCUT2D eigenvalue weighted by atomic mass is 32.2. The Balaban J connectivity index is 2.16. The fourth-order valence-electron chi connectivity index (χ4n) is 2.53. The largest absolute Gasteiger partial charge is 0.442 e. The second-order valence-electron chi connectivity index (χ2n) is 6.11. The van der Waals surface area contributed by atoms with Crippen LogP contribution in [0.4, 0.5) is 0 Å². The Morgan fingerprint density at radius 3 is 2.52 bits per heavy atom. The van der Waals surface area contributed by atoms with Gasteiger partial charge in [0.05, 0.1) is 12.3 Å². The van der Waals surface area contributed by atoms with Crippen molar-refractivity contribution in [2.75, 3.05) is 6.61 Å². The van der Waals surface area contributed by atoms with Gasteiger partial charge in [0.25, 0.3) is 0 Å². The average molecular weight is 371 g/mol. The third kappa shape index (κ3) is 4.91. The first-order valence-electron chi connectivity index (χ1n) is 7.65. The van der Waals surface area contributed by atoms with Crippen molar-refractivity contribution in [1.82, 2.24) is 9.31 Å². The highest BCUT2D eigenvalue weighted by Crippen LogP contribution is 2.25. The van der Waals surface area contributed by atoms with Crippen LogP contribution in [-0.2, 0) is 21.5 Å². The summed E-state index contributed by atoms with van der Waals surface area (Å²) in [6.45, 7) is 3.82. The van der Waals surface area contributed by atoms with E-state index in [0.717, 1.165) is 14.9 Å². The molecule has 1 heterocycles. The van der Waals surface area contributed by atoms with Crippen LogP contribution in [0.1, 0.15) is 31.7 Å². The lowest BCUT2D eigenvalue weighted by atomic mass is 9.91. The lowest BCUT2D eigenvalue weighted by Gasteiger charge is -2.17. The molecule has 0 bridgehead atoms. The third-order valence-corrected chi connectivity index (χ3v) is 4.32. The molecule has 10 heteroatoms. The number of nitrogens with two attached hydrogens (primary N) is 1. The molecule has 2 unspecified atom stereocenters. The quantitative estimate of drug-likeness (QED) is 0.754. The van der Waals surface area contributed by atoms with E-state index in [4.69, 9.17) is 9.66 Å². The number of hydrogen-bond donors (Lipinski definition) is 1. The first-order valence-corrected chi connectivity index (χ1v) is 9.12. The normalized spacial score (nSPS) is 14.4. The molecule has 0 radical (unpaired) electrons. The van der Waals surface area contributed by atoms with Gasteiger partial charge in [-0.25, -0.2) is 19.3 Å². The van der Waals surface area contributed by atoms with Crippen LogP contribution in [0, 0.1) is 5.92 Å². The molecule has 25 heavy (non-hydrogen) atoms. The maximum Gasteiger partial charge on any atom is 0.442 e. The zero-order valence-electron chi connectivity index (χ0n) is 14.2. The molecule has 2 atom stereocenters. The van der Waals surface area contributed by atoms with E-state index in [-0.39, 0.29) is 18.4 Å². The number of aromatic nitrogens is 2. The van der Waals surface area contributed by atoms with Gasteiger partial charge in [-0.15, -0.1) is 4.74 Å². The van der Waals surface area contributed by atoms with Crippen LogP contribution in [-0.4, -0.2) is 24.3 Å². The zero-order chi connectivity index (χ0) is 18.8. The molecule has 0 spiro atoms. The zero-order valence-corrected chi connectivity index (χ0v) is 15.0. The van der Waals surface area contributed by atoms with Crippen molar-refractivity contribution >= 4 is 10.3 Å². The summed E-state index contributed by atoms with van der Waals surface area (Å²) in [5.41, 5.74) is 0.795. The van der Waals surface area contributed by atoms with Gasteiger partial charge in [0, 0.05) is 7.05 Å². The fourth-order valence-corrected chi connectivity index (χ4v) is 2.95. The van der Waals surface area contributed by atoms with E-state index >= 15 is 0 Å². The maximum absolute atomic E-state index is 12.0. The predicted octanol–water partition coefficient (Wildman–Crippen LogP) is 0.479. The first-order chi connectivity index (χ1) is 11.6. The summed E-state index contributed by atoms with van der Waals surface area (Å²) < 4.78 is 33.0. The molecule has 0 aliphatic rings. The van der Waals surface area contributed by atoms with Crippen molar-refractivity contribution in [3.63, 3.8) is 0 Å². The van der Waals surface area contributed by atoms with Crippen LogP contribution in [0.2, 0.25) is 0 Å². The second kappa shape index (κ2) is 7.38. The van der Waals surface area contributed by atoms with Gasteiger partial charge in [-0.1, -0.05) is 26.0 Å². The maximum atomic E-state index is 12.0. The van der Waals surface area contributed by atoms with E-state index in [1.165, 1.54) is 7.05 Å². The van der Waals surface area contributed by atoms with Crippen molar-refractivity contribution in [3.05, 3.63) is 50.9 Å². The smallest absolute Gasteiger partial charge is 0.312 e. The summed E-state index contributed by atoms with van der Waals surface area (Å²) in [5.74, 6) is -0.725. The minimum atomic E-state index is -3.95. The molecule has 1 aromatic heterocycles. The third-order valence-electron chi connectivity index (χ3n) is 3.85. The molecule has 0 amide bonds. The molecular weight excluding hydrogens is 350 g/mol. The summed E-state index contributed by atoms with van der Waals surface area (Å²) in [4.78, 5) is 23.4. The molecule has 9 nitrogen and oxygen atoms in total. The van der Waals surface area contributed by atoms with Crippen molar-refractivity contribution in [1.29, 1.82) is 0 Å². The van der Waals surface area contributed by atoms with E-state index in [0.29, 0.717) is 12.1 Å². The van der Waals surface area contributed by atoms with E-state index in [1.807, 2.05) is 19.9 Å². The molecule has 0 fully saturated rings. The summed E-state index contributed by atoms with van der Waals surface area (Å²) in [7, 11) is -2.61. The molecule has 0 saturated carbocycles. The molecule has 1 aromatic carbocycles. The predicted molar refractivity (Wildman–Crippen MR) is 90.8 cm³/mol. The minimum absolute atomic E-state index is 0.00408. The molecule has 0 aliphatic heterocycles. The lowest BCUT2D eigenvalue weighted by molar-refractivity contribution is 0.251. The Bertz CT molecular complexity index is 956. The number of rotatable bonds is 7. The number of hydrogen-bond acceptors (Lipinski definition) is 6. The Hall–Kier alpha value is -2.17. The molecule has 0 aliphatic carbocycles. The summed E-state index contributed by atoms with van der Waals surface area (Å²) in [6, 6.07) is 7.05. The van der Waals surface area contributed by atoms with Gasteiger partial charge in [0.15, 0.2) is 0 Å². The van der Waals surface area contributed by atoms with Crippen LogP contribution in [0.25, 0.3) is 5.69 Å². The van der Waals surface area contributed by atoms with Crippen molar-refractivity contribution in [2.45, 2.75) is 26.2 Å². The first kappa shape index (κ1) is 19.2. The van der Waals surface area contributed by atoms with Crippen LogP contribution in [0.5, 0.6) is 0 Å². The summed E-state index contributed by atoms with van der Waals surface area (Å²) in [5, 5.41) is 4.82. The van der Waals surface area contributed by atoms with Crippen LogP contribution in [0.15, 0.2) is 38.4 Å². The van der Waals surface area contributed by atoms with Crippen molar-refractivity contribution in [2.24, 2.45) is 18.1 Å². The van der Waals surface area contributed by atoms with E-state index < -0.39 is 21.7 Å². The number of nitrogens with zero attached hydrogens (tertiary/aromatic N) is 2. The van der Waals surface area contributed by atoms with Gasteiger partial charge in [-0.3, -0.25) is 4.18 Å². The second-order valence-corrected chi connectivity index (χ2v) is 7.33. The Morgan fingerprint density at radius 2 is 1.96 bits per heavy atom. The number of benzene rings is 1. The summed E-state index contributed by atoms with van der Waals surface area (Å²) >= 11 is 0. The highest BCUT2D eigenvalue weighted by Gasteiger charge is 2.16. The van der Waals surface area contributed by atoms with Crippen molar-refractivity contribution in [3.8, 4) is 5.69 Å². The molecule has 138 valence electrons. The van der Waals surface area contributed by atoms with Crippen LogP contribution >= 0.6 is 0 Å². The average Bonchev–Trinajstić information content (AvgIpc) is 2.80. The lowest BCUT2D eigenvalue weighted by Crippen LogP contribution is -2.25.